The quantitative estimate of drug-likeness (QED) is 0.750. The number of nitrogens with zero attached hydrogens (tertiary/aromatic N) is 6. The second kappa shape index (κ2) is 6.21. The Labute approximate surface area is 151 Å². The molecule has 0 spiro atoms. The fraction of sp³-hybridized carbons (Fsp3) is 0.444. The van der Waals surface area contributed by atoms with E-state index in [0.29, 0.717) is 24.9 Å². The number of ether oxygens (including phenoxy) is 1. The van der Waals surface area contributed by atoms with E-state index < -0.39 is 0 Å². The van der Waals surface area contributed by atoms with Crippen molar-refractivity contribution >= 4 is 22.8 Å². The summed E-state index contributed by atoms with van der Waals surface area (Å²) in [5.74, 6) is 3.17. The number of anilines is 2. The molecule has 0 unspecified atom stereocenters. The maximum absolute atomic E-state index is 5.73. The zero-order chi connectivity index (χ0) is 17.5. The Morgan fingerprint density at radius 2 is 1.88 bits per heavy atom. The van der Waals surface area contributed by atoms with Crippen LogP contribution < -0.4 is 10.6 Å². The van der Waals surface area contributed by atoms with Gasteiger partial charge in [-0.25, -0.2) is 19.9 Å². The van der Waals surface area contributed by atoms with Crippen LogP contribution in [0.4, 0.5) is 11.6 Å². The van der Waals surface area contributed by atoms with Crippen molar-refractivity contribution < 1.29 is 4.74 Å². The molecule has 0 saturated carbocycles. The highest BCUT2D eigenvalue weighted by Gasteiger charge is 2.24. The van der Waals surface area contributed by atoms with Crippen molar-refractivity contribution in [2.24, 2.45) is 0 Å². The molecule has 2 aliphatic rings. The Kier molecular flexibility index (Phi) is 3.70. The van der Waals surface area contributed by atoms with Crippen LogP contribution in [0.3, 0.4) is 0 Å². The van der Waals surface area contributed by atoms with Gasteiger partial charge in [-0.3, -0.25) is 0 Å². The first-order valence-corrected chi connectivity index (χ1v) is 9.11. The Bertz CT molecular complexity index is 944. The molecule has 3 aromatic heterocycles. The lowest BCUT2D eigenvalue weighted by Crippen LogP contribution is -2.37. The van der Waals surface area contributed by atoms with E-state index in [9.17, 15) is 0 Å². The van der Waals surface area contributed by atoms with Crippen LogP contribution in [0.5, 0.6) is 0 Å². The molecule has 0 amide bonds. The third-order valence-electron chi connectivity index (χ3n) is 5.04. The summed E-state index contributed by atoms with van der Waals surface area (Å²) in [4.78, 5) is 21.1. The molecule has 0 bridgehead atoms. The summed E-state index contributed by atoms with van der Waals surface area (Å²) in [5.41, 5.74) is 8.41. The Balaban J connectivity index is 1.71. The summed E-state index contributed by atoms with van der Waals surface area (Å²) in [5, 5.41) is 0. The molecule has 1 fully saturated rings. The number of morpholine rings is 1. The summed E-state index contributed by atoms with van der Waals surface area (Å²) in [6.45, 7) is 4.00. The summed E-state index contributed by atoms with van der Waals surface area (Å²) in [7, 11) is 0. The first-order valence-electron chi connectivity index (χ1n) is 9.11. The lowest BCUT2D eigenvalue weighted by molar-refractivity contribution is 0.122. The van der Waals surface area contributed by atoms with Crippen molar-refractivity contribution in [1.82, 2.24) is 24.5 Å². The zero-order valence-electron chi connectivity index (χ0n) is 14.6. The lowest BCUT2D eigenvalue weighted by atomic mass is 10.2. The number of pyridine rings is 1. The number of aromatic nitrogens is 5. The second-order valence-corrected chi connectivity index (χ2v) is 6.75. The van der Waals surface area contributed by atoms with Gasteiger partial charge in [-0.1, -0.05) is 0 Å². The average molecular weight is 351 g/mol. The molecule has 8 nitrogen and oxygen atoms in total. The Morgan fingerprint density at radius 3 is 2.69 bits per heavy atom. The van der Waals surface area contributed by atoms with Gasteiger partial charge < -0.3 is 19.9 Å². The van der Waals surface area contributed by atoms with E-state index in [2.05, 4.69) is 14.5 Å². The van der Waals surface area contributed by atoms with Gasteiger partial charge in [-0.2, -0.15) is 0 Å². The van der Waals surface area contributed by atoms with Crippen LogP contribution >= 0.6 is 0 Å². The third kappa shape index (κ3) is 2.57. The van der Waals surface area contributed by atoms with Crippen LogP contribution in [0.1, 0.15) is 18.7 Å². The van der Waals surface area contributed by atoms with Crippen molar-refractivity contribution in [2.45, 2.75) is 25.8 Å². The fourth-order valence-corrected chi connectivity index (χ4v) is 3.67. The summed E-state index contributed by atoms with van der Waals surface area (Å²) in [6, 6.07) is 3.70. The minimum Gasteiger partial charge on any atom is -0.384 e. The highest BCUT2D eigenvalue weighted by Crippen LogP contribution is 2.30. The number of aryl methyl sites for hydroxylation is 2. The topological polar surface area (TPSA) is 95.0 Å². The van der Waals surface area contributed by atoms with Crippen LogP contribution in [0, 0.1) is 0 Å². The van der Waals surface area contributed by atoms with Crippen molar-refractivity contribution in [2.75, 3.05) is 36.9 Å². The molecule has 134 valence electrons. The molecule has 2 aliphatic heterocycles. The van der Waals surface area contributed by atoms with Gasteiger partial charge in [0.25, 0.3) is 0 Å². The zero-order valence-corrected chi connectivity index (χ0v) is 14.6. The standard InChI is InChI=1S/C18H21N7O/c19-13-5-4-12(11-20-13)16-22-17(24-7-9-26-10-8-24)15-18(23-16)25-6-2-1-3-14(25)21-15/h4-5,11H,1-3,6-10H2,(H2,19,20). The van der Waals surface area contributed by atoms with Crippen LogP contribution in [-0.2, 0) is 17.7 Å². The lowest BCUT2D eigenvalue weighted by Gasteiger charge is -2.28. The molecule has 26 heavy (non-hydrogen) atoms. The predicted molar refractivity (Wildman–Crippen MR) is 98.9 cm³/mol. The van der Waals surface area contributed by atoms with Crippen LogP contribution in [0.2, 0.25) is 0 Å². The molecule has 0 atom stereocenters. The molecule has 1 saturated heterocycles. The number of fused-ring (bicyclic) bond motifs is 3. The van der Waals surface area contributed by atoms with Gasteiger partial charge in [-0.15, -0.1) is 0 Å². The van der Waals surface area contributed by atoms with E-state index in [0.717, 1.165) is 60.8 Å². The fourth-order valence-electron chi connectivity index (χ4n) is 3.67. The van der Waals surface area contributed by atoms with E-state index in [1.807, 2.05) is 6.07 Å². The number of rotatable bonds is 2. The first kappa shape index (κ1) is 15.5. The van der Waals surface area contributed by atoms with Crippen LogP contribution in [0.25, 0.3) is 22.6 Å². The molecule has 2 N–H and O–H groups in total. The molecule has 0 radical (unpaired) electrons. The molecule has 5 heterocycles. The van der Waals surface area contributed by atoms with Gasteiger partial charge in [0.1, 0.15) is 11.6 Å². The molecule has 0 aliphatic carbocycles. The molecular weight excluding hydrogens is 330 g/mol. The van der Waals surface area contributed by atoms with Gasteiger partial charge in [0.05, 0.1) is 13.2 Å². The van der Waals surface area contributed by atoms with Gasteiger partial charge >= 0.3 is 0 Å². The number of imidazole rings is 1. The number of nitrogen functional groups attached to an aromatic ring is 1. The summed E-state index contributed by atoms with van der Waals surface area (Å²) >= 11 is 0. The minimum absolute atomic E-state index is 0.491. The monoisotopic (exact) mass is 351 g/mol. The summed E-state index contributed by atoms with van der Waals surface area (Å²) in [6.07, 6.45) is 5.07. The molecule has 3 aromatic rings. The number of hydrogen-bond donors (Lipinski definition) is 1. The molecule has 8 heteroatoms. The minimum atomic E-state index is 0.491. The van der Waals surface area contributed by atoms with Gasteiger partial charge in [0.15, 0.2) is 22.8 Å². The van der Waals surface area contributed by atoms with Crippen molar-refractivity contribution in [3.8, 4) is 11.4 Å². The maximum atomic E-state index is 5.73. The van der Waals surface area contributed by atoms with E-state index >= 15 is 0 Å². The third-order valence-corrected chi connectivity index (χ3v) is 5.04. The highest BCUT2D eigenvalue weighted by atomic mass is 16.5. The predicted octanol–water partition coefficient (Wildman–Crippen LogP) is 1.64. The van der Waals surface area contributed by atoms with Crippen molar-refractivity contribution in [3.05, 3.63) is 24.2 Å². The van der Waals surface area contributed by atoms with Gasteiger partial charge in [-0.05, 0) is 25.0 Å². The van der Waals surface area contributed by atoms with E-state index in [1.54, 1.807) is 12.3 Å². The van der Waals surface area contributed by atoms with Gasteiger partial charge in [0, 0.05) is 37.8 Å². The normalized spacial score (nSPS) is 17.5. The van der Waals surface area contributed by atoms with Gasteiger partial charge in [0.2, 0.25) is 0 Å². The number of hydrogen-bond acceptors (Lipinski definition) is 7. The van der Waals surface area contributed by atoms with Crippen molar-refractivity contribution in [1.29, 1.82) is 0 Å². The largest absolute Gasteiger partial charge is 0.384 e. The molecular formula is C18H21N7O. The van der Waals surface area contributed by atoms with E-state index in [-0.39, 0.29) is 0 Å². The van der Waals surface area contributed by atoms with Crippen LogP contribution in [0.15, 0.2) is 18.3 Å². The number of nitrogens with two attached hydrogens (primary N) is 1. The Hall–Kier alpha value is -2.74. The smallest absolute Gasteiger partial charge is 0.166 e. The van der Waals surface area contributed by atoms with E-state index in [1.165, 1.54) is 6.42 Å². The highest BCUT2D eigenvalue weighted by molar-refractivity contribution is 5.86. The van der Waals surface area contributed by atoms with Crippen molar-refractivity contribution in [3.63, 3.8) is 0 Å². The second-order valence-electron chi connectivity index (χ2n) is 6.75. The van der Waals surface area contributed by atoms with Crippen LogP contribution in [-0.4, -0.2) is 50.8 Å². The summed E-state index contributed by atoms with van der Waals surface area (Å²) < 4.78 is 7.76. The average Bonchev–Trinajstić information content (AvgIpc) is 3.07. The first-order chi connectivity index (χ1) is 12.8. The molecule has 0 aromatic carbocycles. The van der Waals surface area contributed by atoms with E-state index in [4.69, 9.17) is 25.4 Å². The Morgan fingerprint density at radius 1 is 1.00 bits per heavy atom. The molecule has 5 rings (SSSR count). The SMILES string of the molecule is Nc1ccc(-c2nc(N3CCOCC3)c3nc4n(c3n2)CCCC4)cn1. The maximum Gasteiger partial charge on any atom is 0.166 e.